The van der Waals surface area contributed by atoms with Crippen molar-refractivity contribution in [2.45, 2.75) is 26.3 Å². The van der Waals surface area contributed by atoms with E-state index in [-0.39, 0.29) is 0 Å². The predicted octanol–water partition coefficient (Wildman–Crippen LogP) is 3.88. The number of aryl methyl sites for hydroxylation is 2. The number of ether oxygens (including phenoxy) is 1. The lowest BCUT2D eigenvalue weighted by molar-refractivity contribution is 0.405. The molecule has 1 N–H and O–H groups in total. The van der Waals surface area contributed by atoms with Gasteiger partial charge in [-0.2, -0.15) is 0 Å². The van der Waals surface area contributed by atoms with E-state index in [9.17, 15) is 0 Å². The van der Waals surface area contributed by atoms with E-state index in [0.29, 0.717) is 6.04 Å². The van der Waals surface area contributed by atoms with E-state index >= 15 is 0 Å². The normalized spacial score (nSPS) is 12.4. The molecule has 0 aliphatic heterocycles. The maximum atomic E-state index is 5.42. The molecule has 102 valence electrons. The zero-order chi connectivity index (χ0) is 13.8. The van der Waals surface area contributed by atoms with Gasteiger partial charge in [-0.3, -0.25) is 0 Å². The maximum absolute atomic E-state index is 5.42. The Kier molecular flexibility index (Phi) is 4.61. The van der Waals surface area contributed by atoms with Crippen molar-refractivity contribution in [2.75, 3.05) is 14.2 Å². The molecule has 1 heterocycles. The highest BCUT2D eigenvalue weighted by Crippen LogP contribution is 2.32. The fourth-order valence-electron chi connectivity index (χ4n) is 2.22. The molecule has 2 nitrogen and oxygen atoms in total. The molecule has 1 aromatic carbocycles. The highest BCUT2D eigenvalue weighted by atomic mass is 32.1. The van der Waals surface area contributed by atoms with Gasteiger partial charge in [-0.25, -0.2) is 0 Å². The maximum Gasteiger partial charge on any atom is 0.134 e. The van der Waals surface area contributed by atoms with Crippen LogP contribution in [0.15, 0.2) is 29.6 Å². The summed E-state index contributed by atoms with van der Waals surface area (Å²) in [6.07, 6.45) is 0.981. The third-order valence-corrected chi connectivity index (χ3v) is 4.57. The fraction of sp³-hybridized carbons (Fsp3) is 0.375. The summed E-state index contributed by atoms with van der Waals surface area (Å²) in [5.41, 5.74) is 4.06. The van der Waals surface area contributed by atoms with Gasteiger partial charge in [-0.1, -0.05) is 18.2 Å². The molecule has 0 fully saturated rings. The lowest BCUT2D eigenvalue weighted by Gasteiger charge is -2.17. The van der Waals surface area contributed by atoms with E-state index in [1.54, 1.807) is 18.4 Å². The van der Waals surface area contributed by atoms with Crippen molar-refractivity contribution in [2.24, 2.45) is 0 Å². The first-order valence-corrected chi connectivity index (χ1v) is 7.38. The molecular weight excluding hydrogens is 254 g/mol. The molecule has 0 spiro atoms. The van der Waals surface area contributed by atoms with Crippen LogP contribution >= 0.6 is 11.3 Å². The smallest absolute Gasteiger partial charge is 0.134 e. The average Bonchev–Trinajstić information content (AvgIpc) is 2.88. The van der Waals surface area contributed by atoms with Gasteiger partial charge in [0.2, 0.25) is 0 Å². The monoisotopic (exact) mass is 275 g/mol. The minimum Gasteiger partial charge on any atom is -0.496 e. The van der Waals surface area contributed by atoms with Crippen molar-refractivity contribution in [1.29, 1.82) is 0 Å². The molecule has 3 heteroatoms. The SMILES string of the molecule is CNC(Cc1ccc(C)c(C)c1)c1sccc1OC. The zero-order valence-corrected chi connectivity index (χ0v) is 12.8. The standard InChI is InChI=1S/C16H21NOS/c1-11-5-6-13(9-12(11)2)10-14(17-3)16-15(18-4)7-8-19-16/h5-9,14,17H,10H2,1-4H3. The first kappa shape index (κ1) is 14.1. The Balaban J connectivity index is 2.21. The van der Waals surface area contributed by atoms with Gasteiger partial charge >= 0.3 is 0 Å². The number of likely N-dealkylation sites (N-methyl/N-ethyl adjacent to an activating group) is 1. The second-order valence-electron chi connectivity index (χ2n) is 4.82. The van der Waals surface area contributed by atoms with Crippen molar-refractivity contribution in [3.8, 4) is 5.75 Å². The molecule has 0 saturated heterocycles. The number of thiophene rings is 1. The molecule has 0 amide bonds. The fourth-order valence-corrected chi connectivity index (χ4v) is 3.20. The summed E-state index contributed by atoms with van der Waals surface area (Å²) in [7, 11) is 3.74. The van der Waals surface area contributed by atoms with Crippen molar-refractivity contribution >= 4 is 11.3 Å². The van der Waals surface area contributed by atoms with Crippen LogP contribution in [0.1, 0.15) is 27.6 Å². The Hall–Kier alpha value is -1.32. The highest BCUT2D eigenvalue weighted by Gasteiger charge is 2.16. The summed E-state index contributed by atoms with van der Waals surface area (Å²) >= 11 is 1.75. The van der Waals surface area contributed by atoms with Gasteiger partial charge in [0, 0.05) is 6.04 Å². The Bertz CT molecular complexity index is 547. The molecule has 1 aromatic heterocycles. The summed E-state index contributed by atoms with van der Waals surface area (Å²) in [5, 5.41) is 5.47. The van der Waals surface area contributed by atoms with Gasteiger partial charge in [0.25, 0.3) is 0 Å². The molecule has 0 aliphatic carbocycles. The first-order chi connectivity index (χ1) is 9.15. The van der Waals surface area contributed by atoms with E-state index in [0.717, 1.165) is 12.2 Å². The number of nitrogens with one attached hydrogen (secondary N) is 1. The van der Waals surface area contributed by atoms with Crippen LogP contribution in [0.25, 0.3) is 0 Å². The van der Waals surface area contributed by atoms with Crippen LogP contribution in [-0.4, -0.2) is 14.2 Å². The van der Waals surface area contributed by atoms with E-state index in [1.807, 2.05) is 13.1 Å². The predicted molar refractivity (Wildman–Crippen MR) is 82.3 cm³/mol. The molecule has 1 unspecified atom stereocenters. The summed E-state index contributed by atoms with van der Waals surface area (Å²) in [5.74, 6) is 0.980. The molecule has 2 rings (SSSR count). The van der Waals surface area contributed by atoms with Crippen LogP contribution in [0, 0.1) is 13.8 Å². The summed E-state index contributed by atoms with van der Waals surface area (Å²) in [4.78, 5) is 1.27. The molecule has 2 aromatic rings. The van der Waals surface area contributed by atoms with Crippen LogP contribution in [0.4, 0.5) is 0 Å². The van der Waals surface area contributed by atoms with E-state index in [4.69, 9.17) is 4.74 Å². The number of benzene rings is 1. The van der Waals surface area contributed by atoms with Gasteiger partial charge in [-0.05, 0) is 55.5 Å². The average molecular weight is 275 g/mol. The summed E-state index contributed by atoms with van der Waals surface area (Å²) < 4.78 is 5.42. The Morgan fingerprint density at radius 2 is 2.00 bits per heavy atom. The van der Waals surface area contributed by atoms with E-state index in [2.05, 4.69) is 42.7 Å². The van der Waals surface area contributed by atoms with Gasteiger partial charge in [0.1, 0.15) is 5.75 Å². The Labute approximate surface area is 119 Å². The van der Waals surface area contributed by atoms with Crippen LogP contribution in [0.5, 0.6) is 5.75 Å². The Morgan fingerprint density at radius 3 is 2.63 bits per heavy atom. The second-order valence-corrected chi connectivity index (χ2v) is 5.76. The summed E-state index contributed by atoms with van der Waals surface area (Å²) in [6.45, 7) is 4.32. The minimum atomic E-state index is 0.303. The molecule has 1 atom stereocenters. The topological polar surface area (TPSA) is 21.3 Å². The van der Waals surface area contributed by atoms with Crippen molar-refractivity contribution in [3.05, 3.63) is 51.2 Å². The molecule has 0 radical (unpaired) electrons. The quantitative estimate of drug-likeness (QED) is 0.894. The Morgan fingerprint density at radius 1 is 1.21 bits per heavy atom. The van der Waals surface area contributed by atoms with Gasteiger partial charge < -0.3 is 10.1 Å². The largest absolute Gasteiger partial charge is 0.496 e. The molecular formula is C16H21NOS. The lowest BCUT2D eigenvalue weighted by atomic mass is 10.00. The number of hydrogen-bond donors (Lipinski definition) is 1. The lowest BCUT2D eigenvalue weighted by Crippen LogP contribution is -2.18. The minimum absolute atomic E-state index is 0.303. The number of rotatable bonds is 5. The van der Waals surface area contributed by atoms with Gasteiger partial charge in [-0.15, -0.1) is 11.3 Å². The molecule has 0 bridgehead atoms. The van der Waals surface area contributed by atoms with Crippen molar-refractivity contribution in [1.82, 2.24) is 5.32 Å². The van der Waals surface area contributed by atoms with Crippen molar-refractivity contribution in [3.63, 3.8) is 0 Å². The third-order valence-electron chi connectivity index (χ3n) is 3.55. The zero-order valence-electron chi connectivity index (χ0n) is 12.0. The molecule has 19 heavy (non-hydrogen) atoms. The molecule has 0 aliphatic rings. The van der Waals surface area contributed by atoms with Crippen LogP contribution in [0.2, 0.25) is 0 Å². The summed E-state index contributed by atoms with van der Waals surface area (Å²) in [6, 6.07) is 9.03. The van der Waals surface area contributed by atoms with Crippen LogP contribution in [0.3, 0.4) is 0 Å². The third kappa shape index (κ3) is 3.17. The van der Waals surface area contributed by atoms with Crippen molar-refractivity contribution < 1.29 is 4.74 Å². The van der Waals surface area contributed by atoms with Crippen LogP contribution < -0.4 is 10.1 Å². The highest BCUT2D eigenvalue weighted by molar-refractivity contribution is 7.10. The number of methoxy groups -OCH3 is 1. The van der Waals surface area contributed by atoms with Crippen LogP contribution in [-0.2, 0) is 6.42 Å². The second kappa shape index (κ2) is 6.22. The first-order valence-electron chi connectivity index (χ1n) is 6.50. The van der Waals surface area contributed by atoms with E-state index < -0.39 is 0 Å². The van der Waals surface area contributed by atoms with E-state index in [1.165, 1.54) is 21.6 Å². The molecule has 0 saturated carbocycles. The van der Waals surface area contributed by atoms with Gasteiger partial charge in [0.15, 0.2) is 0 Å². The number of hydrogen-bond acceptors (Lipinski definition) is 3. The van der Waals surface area contributed by atoms with Gasteiger partial charge in [0.05, 0.1) is 12.0 Å².